The number of hydrogen-bond donors (Lipinski definition) is 0. The molecule has 1 saturated heterocycles. The minimum atomic E-state index is -3.05. The van der Waals surface area contributed by atoms with Crippen LogP contribution in [0.2, 0.25) is 0 Å². The summed E-state index contributed by atoms with van der Waals surface area (Å²) in [6, 6.07) is 0. The number of ether oxygens (including phenoxy) is 4. The predicted molar refractivity (Wildman–Crippen MR) is 120 cm³/mol. The van der Waals surface area contributed by atoms with E-state index >= 15 is 0 Å². The number of carbonyl (C=O) groups excluding carboxylic acids is 2. The molecule has 2 rings (SSSR count). The van der Waals surface area contributed by atoms with Crippen LogP contribution in [0, 0.1) is 11.8 Å². The van der Waals surface area contributed by atoms with E-state index in [2.05, 4.69) is 0 Å². The van der Waals surface area contributed by atoms with Crippen molar-refractivity contribution in [2.75, 3.05) is 13.2 Å². The number of hydrogen-bond acceptors (Lipinski definition) is 6. The summed E-state index contributed by atoms with van der Waals surface area (Å²) >= 11 is 0. The van der Waals surface area contributed by atoms with E-state index in [4.69, 9.17) is 18.9 Å². The van der Waals surface area contributed by atoms with Crippen molar-refractivity contribution in [3.05, 3.63) is 12.2 Å². The molecule has 6 nitrogen and oxygen atoms in total. The van der Waals surface area contributed by atoms with Gasteiger partial charge in [-0.3, -0.25) is 9.59 Å². The zero-order chi connectivity index (χ0) is 24.3. The quantitative estimate of drug-likeness (QED) is 0.256. The molecule has 0 spiro atoms. The molecule has 0 aromatic carbocycles. The summed E-state index contributed by atoms with van der Waals surface area (Å²) in [5.74, 6) is -3.92. The van der Waals surface area contributed by atoms with Crippen molar-refractivity contribution in [2.45, 2.75) is 109 Å². The van der Waals surface area contributed by atoms with Crippen LogP contribution in [-0.4, -0.2) is 49.6 Å². The Morgan fingerprint density at radius 2 is 1.79 bits per heavy atom. The molecule has 4 atom stereocenters. The van der Waals surface area contributed by atoms with E-state index < -0.39 is 18.0 Å². The van der Waals surface area contributed by atoms with Gasteiger partial charge < -0.3 is 18.9 Å². The second kappa shape index (κ2) is 14.0. The first kappa shape index (κ1) is 27.7. The Morgan fingerprint density at radius 3 is 2.42 bits per heavy atom. The SMILES string of the molecule is CCCCC(F)(F)C(CC[C@H]1CC[C@H](OC(C)=O)[C@@H]1C/C=C\CC1OCCCO1)OC(C)=O. The first-order valence-corrected chi connectivity index (χ1v) is 12.3. The molecule has 0 bridgehead atoms. The minimum absolute atomic E-state index is 0.0422. The van der Waals surface area contributed by atoms with Crippen molar-refractivity contribution in [2.24, 2.45) is 11.8 Å². The minimum Gasteiger partial charge on any atom is -0.462 e. The summed E-state index contributed by atoms with van der Waals surface area (Å²) in [5.41, 5.74) is 0. The van der Waals surface area contributed by atoms with Crippen LogP contribution in [0.15, 0.2) is 12.2 Å². The molecule has 190 valence electrons. The van der Waals surface area contributed by atoms with Crippen LogP contribution in [-0.2, 0) is 28.5 Å². The molecule has 33 heavy (non-hydrogen) atoms. The highest BCUT2D eigenvalue weighted by molar-refractivity contribution is 5.66. The lowest BCUT2D eigenvalue weighted by Crippen LogP contribution is -2.38. The Labute approximate surface area is 196 Å². The highest BCUT2D eigenvalue weighted by Gasteiger charge is 2.43. The van der Waals surface area contributed by atoms with E-state index in [0.717, 1.165) is 12.8 Å². The predicted octanol–water partition coefficient (Wildman–Crippen LogP) is 5.58. The fraction of sp³-hybridized carbons (Fsp3) is 0.840. The Kier molecular flexibility index (Phi) is 11.7. The molecule has 1 heterocycles. The van der Waals surface area contributed by atoms with Crippen molar-refractivity contribution in [3.8, 4) is 0 Å². The van der Waals surface area contributed by atoms with E-state index in [1.54, 1.807) is 0 Å². The number of allylic oxidation sites excluding steroid dienone is 1. The van der Waals surface area contributed by atoms with E-state index in [0.29, 0.717) is 51.7 Å². The van der Waals surface area contributed by atoms with Crippen LogP contribution in [0.25, 0.3) is 0 Å². The number of unbranched alkanes of at least 4 members (excludes halogenated alkanes) is 1. The zero-order valence-corrected chi connectivity index (χ0v) is 20.2. The molecule has 2 aliphatic rings. The molecule has 1 aliphatic carbocycles. The van der Waals surface area contributed by atoms with Crippen molar-refractivity contribution in [3.63, 3.8) is 0 Å². The van der Waals surface area contributed by atoms with Gasteiger partial charge in [-0.05, 0) is 50.9 Å². The molecule has 0 aromatic heterocycles. The van der Waals surface area contributed by atoms with Crippen molar-refractivity contribution in [1.29, 1.82) is 0 Å². The number of rotatable bonds is 13. The summed E-state index contributed by atoms with van der Waals surface area (Å²) in [6.07, 6.45) is 7.23. The van der Waals surface area contributed by atoms with Crippen LogP contribution in [0.4, 0.5) is 8.78 Å². The van der Waals surface area contributed by atoms with Crippen LogP contribution in [0.3, 0.4) is 0 Å². The normalized spacial score (nSPS) is 25.3. The maximum atomic E-state index is 14.7. The maximum Gasteiger partial charge on any atom is 0.303 e. The monoisotopic (exact) mass is 474 g/mol. The van der Waals surface area contributed by atoms with E-state index in [-0.39, 0.29) is 43.0 Å². The molecular formula is C25H40F2O6. The summed E-state index contributed by atoms with van der Waals surface area (Å²) in [6.45, 7) is 5.81. The van der Waals surface area contributed by atoms with Gasteiger partial charge in [-0.25, -0.2) is 8.78 Å². The summed E-state index contributed by atoms with van der Waals surface area (Å²) < 4.78 is 51.1. The molecule has 1 aliphatic heterocycles. The average Bonchev–Trinajstić information content (AvgIpc) is 3.13. The van der Waals surface area contributed by atoms with Crippen molar-refractivity contribution in [1.82, 2.24) is 0 Å². The molecule has 0 aromatic rings. The lowest BCUT2D eigenvalue weighted by molar-refractivity contribution is -0.175. The Balaban J connectivity index is 1.98. The summed E-state index contributed by atoms with van der Waals surface area (Å²) in [7, 11) is 0. The van der Waals surface area contributed by atoms with E-state index in [1.165, 1.54) is 13.8 Å². The van der Waals surface area contributed by atoms with Gasteiger partial charge in [0.25, 0.3) is 5.92 Å². The van der Waals surface area contributed by atoms with Gasteiger partial charge in [0.2, 0.25) is 0 Å². The van der Waals surface area contributed by atoms with Gasteiger partial charge >= 0.3 is 11.9 Å². The molecule has 8 heteroatoms. The molecular weight excluding hydrogens is 434 g/mol. The highest BCUT2D eigenvalue weighted by atomic mass is 19.3. The fourth-order valence-electron chi connectivity index (χ4n) is 4.80. The standard InChI is InChI=1S/C25H40F2O6/c1-4-5-15-25(26,27)23(33-19(3)29)14-12-20-11-13-22(32-18(2)28)21(20)9-6-7-10-24-30-16-8-17-31-24/h6-7,20-24H,4-5,8-17H2,1-3H3/b7-6-/t20-,21-,22+,23?/m1/s1. The summed E-state index contributed by atoms with van der Waals surface area (Å²) in [4.78, 5) is 23.0. The lowest BCUT2D eigenvalue weighted by atomic mass is 9.86. The third kappa shape index (κ3) is 9.69. The van der Waals surface area contributed by atoms with Gasteiger partial charge in [0.1, 0.15) is 6.10 Å². The third-order valence-corrected chi connectivity index (χ3v) is 6.46. The zero-order valence-electron chi connectivity index (χ0n) is 20.2. The fourth-order valence-corrected chi connectivity index (χ4v) is 4.80. The van der Waals surface area contributed by atoms with Gasteiger partial charge in [0, 0.05) is 32.6 Å². The topological polar surface area (TPSA) is 71.1 Å². The van der Waals surface area contributed by atoms with Crippen LogP contribution < -0.4 is 0 Å². The van der Waals surface area contributed by atoms with Gasteiger partial charge in [0.05, 0.1) is 13.2 Å². The number of alkyl halides is 2. The van der Waals surface area contributed by atoms with Crippen LogP contribution >= 0.6 is 0 Å². The molecule has 0 amide bonds. The average molecular weight is 475 g/mol. The second-order valence-electron chi connectivity index (χ2n) is 9.16. The van der Waals surface area contributed by atoms with Gasteiger partial charge in [-0.2, -0.15) is 0 Å². The third-order valence-electron chi connectivity index (χ3n) is 6.46. The van der Waals surface area contributed by atoms with Crippen molar-refractivity contribution >= 4 is 11.9 Å². The van der Waals surface area contributed by atoms with Crippen LogP contribution in [0.5, 0.6) is 0 Å². The maximum absolute atomic E-state index is 14.7. The Morgan fingerprint density at radius 1 is 1.09 bits per heavy atom. The first-order valence-electron chi connectivity index (χ1n) is 12.3. The van der Waals surface area contributed by atoms with Gasteiger partial charge in [-0.1, -0.05) is 25.5 Å². The second-order valence-corrected chi connectivity index (χ2v) is 9.16. The van der Waals surface area contributed by atoms with Crippen LogP contribution in [0.1, 0.15) is 85.0 Å². The molecule has 2 fully saturated rings. The molecule has 0 radical (unpaired) electrons. The first-order chi connectivity index (χ1) is 15.7. The van der Waals surface area contributed by atoms with Crippen molar-refractivity contribution < 1.29 is 37.3 Å². The van der Waals surface area contributed by atoms with Gasteiger partial charge in [-0.15, -0.1) is 0 Å². The molecule has 1 unspecified atom stereocenters. The van der Waals surface area contributed by atoms with E-state index in [9.17, 15) is 18.4 Å². The lowest BCUT2D eigenvalue weighted by Gasteiger charge is -2.29. The molecule has 1 saturated carbocycles. The largest absolute Gasteiger partial charge is 0.462 e. The number of carbonyl (C=O) groups is 2. The smallest absolute Gasteiger partial charge is 0.303 e. The highest BCUT2D eigenvalue weighted by Crippen LogP contribution is 2.41. The van der Waals surface area contributed by atoms with E-state index in [1.807, 2.05) is 19.1 Å². The number of esters is 2. The Bertz CT molecular complexity index is 632. The Hall–Kier alpha value is -1.54. The number of halogens is 2. The van der Waals surface area contributed by atoms with Gasteiger partial charge in [0.15, 0.2) is 12.4 Å². The molecule has 0 N–H and O–H groups in total. The summed E-state index contributed by atoms with van der Waals surface area (Å²) in [5, 5.41) is 0.